The monoisotopic (exact) mass is 281 g/mol. The summed E-state index contributed by atoms with van der Waals surface area (Å²) in [4.78, 5) is 0. The Morgan fingerprint density at radius 2 is 2.25 bits per heavy atom. The van der Waals surface area contributed by atoms with Gasteiger partial charge in [-0.2, -0.15) is 0 Å². The third kappa shape index (κ3) is 3.35. The lowest BCUT2D eigenvalue weighted by Gasteiger charge is -2.38. The van der Waals surface area contributed by atoms with Crippen molar-refractivity contribution in [2.75, 3.05) is 20.3 Å². The van der Waals surface area contributed by atoms with Crippen LogP contribution < -0.4 is 5.32 Å². The number of nitrogens with zero attached hydrogens (tertiary/aromatic N) is 4. The largest absolute Gasteiger partial charge is 0.383 e. The van der Waals surface area contributed by atoms with Gasteiger partial charge in [-0.15, -0.1) is 5.10 Å². The zero-order valence-corrected chi connectivity index (χ0v) is 13.1. The molecule has 2 atom stereocenters. The van der Waals surface area contributed by atoms with Gasteiger partial charge in [-0.25, -0.2) is 4.68 Å². The Morgan fingerprint density at radius 3 is 2.95 bits per heavy atom. The maximum absolute atomic E-state index is 5.07. The normalized spacial score (nSPS) is 23.7. The molecule has 1 aromatic rings. The van der Waals surface area contributed by atoms with Crippen LogP contribution in [-0.2, 0) is 4.74 Å². The summed E-state index contributed by atoms with van der Waals surface area (Å²) in [6.45, 7) is 8.25. The first-order valence-corrected chi connectivity index (χ1v) is 7.56. The molecule has 0 bridgehead atoms. The van der Waals surface area contributed by atoms with Crippen LogP contribution in [0.25, 0.3) is 0 Å². The van der Waals surface area contributed by atoms with E-state index in [1.165, 1.54) is 19.3 Å². The zero-order valence-electron chi connectivity index (χ0n) is 13.1. The highest BCUT2D eigenvalue weighted by Crippen LogP contribution is 2.43. The van der Waals surface area contributed by atoms with Gasteiger partial charge in [-0.1, -0.05) is 26.7 Å². The molecule has 1 fully saturated rings. The van der Waals surface area contributed by atoms with Crippen molar-refractivity contribution in [3.63, 3.8) is 0 Å². The molecule has 1 aliphatic carbocycles. The molecule has 1 aliphatic rings. The van der Waals surface area contributed by atoms with Crippen LogP contribution in [0.1, 0.15) is 64.4 Å². The van der Waals surface area contributed by atoms with Crippen molar-refractivity contribution in [1.29, 1.82) is 0 Å². The number of nitrogens with one attached hydrogen (secondary N) is 1. The minimum Gasteiger partial charge on any atom is -0.383 e. The Balaban J connectivity index is 2.11. The molecular formula is C14H27N5O. The van der Waals surface area contributed by atoms with Crippen molar-refractivity contribution in [3.05, 3.63) is 5.82 Å². The fourth-order valence-electron chi connectivity index (χ4n) is 3.11. The van der Waals surface area contributed by atoms with Gasteiger partial charge in [0.2, 0.25) is 0 Å². The molecular weight excluding hydrogens is 254 g/mol. The number of rotatable bonds is 6. The number of aromatic nitrogens is 4. The molecule has 2 unspecified atom stereocenters. The molecule has 20 heavy (non-hydrogen) atoms. The van der Waals surface area contributed by atoms with Crippen LogP contribution in [0.5, 0.6) is 0 Å². The lowest BCUT2D eigenvalue weighted by Crippen LogP contribution is -2.34. The number of methoxy groups -OCH3 is 1. The SMILES string of the molecule is COCCNC(C)c1nnnn1C1CCCCC1(C)C. The highest BCUT2D eigenvalue weighted by molar-refractivity contribution is 4.96. The quantitative estimate of drug-likeness (QED) is 0.809. The van der Waals surface area contributed by atoms with E-state index >= 15 is 0 Å². The number of ether oxygens (including phenoxy) is 1. The molecule has 0 amide bonds. The van der Waals surface area contributed by atoms with Gasteiger partial charge in [-0.3, -0.25) is 0 Å². The second-order valence-corrected chi connectivity index (χ2v) is 6.40. The number of hydrogen-bond donors (Lipinski definition) is 1. The van der Waals surface area contributed by atoms with E-state index in [2.05, 4.69) is 41.6 Å². The molecule has 1 heterocycles. The smallest absolute Gasteiger partial charge is 0.168 e. The summed E-state index contributed by atoms with van der Waals surface area (Å²) in [7, 11) is 1.71. The molecule has 6 nitrogen and oxygen atoms in total. The van der Waals surface area contributed by atoms with Crippen LogP contribution in [-0.4, -0.2) is 40.5 Å². The first-order valence-electron chi connectivity index (χ1n) is 7.56. The van der Waals surface area contributed by atoms with E-state index in [0.29, 0.717) is 12.6 Å². The summed E-state index contributed by atoms with van der Waals surface area (Å²) < 4.78 is 7.11. The van der Waals surface area contributed by atoms with Crippen LogP contribution >= 0.6 is 0 Å². The van der Waals surface area contributed by atoms with Crippen LogP contribution in [0.15, 0.2) is 0 Å². The van der Waals surface area contributed by atoms with Crippen molar-refractivity contribution < 1.29 is 4.74 Å². The predicted molar refractivity (Wildman–Crippen MR) is 77.4 cm³/mol. The predicted octanol–water partition coefficient (Wildman–Crippen LogP) is 2.11. The second kappa shape index (κ2) is 6.63. The van der Waals surface area contributed by atoms with Crippen LogP contribution in [0.4, 0.5) is 0 Å². The van der Waals surface area contributed by atoms with Crippen molar-refractivity contribution in [2.24, 2.45) is 5.41 Å². The van der Waals surface area contributed by atoms with Crippen LogP contribution in [0, 0.1) is 5.41 Å². The van der Waals surface area contributed by atoms with Crippen molar-refractivity contribution >= 4 is 0 Å². The number of tetrazole rings is 1. The van der Waals surface area contributed by atoms with Gasteiger partial charge >= 0.3 is 0 Å². The van der Waals surface area contributed by atoms with E-state index in [1.807, 2.05) is 4.68 Å². The Morgan fingerprint density at radius 1 is 1.45 bits per heavy atom. The first kappa shape index (κ1) is 15.4. The lowest BCUT2D eigenvalue weighted by atomic mass is 9.73. The molecule has 1 N–H and O–H groups in total. The number of hydrogen-bond acceptors (Lipinski definition) is 5. The highest BCUT2D eigenvalue weighted by Gasteiger charge is 2.36. The van der Waals surface area contributed by atoms with E-state index in [0.717, 1.165) is 18.8 Å². The summed E-state index contributed by atoms with van der Waals surface area (Å²) in [5, 5.41) is 15.8. The van der Waals surface area contributed by atoms with Crippen LogP contribution in [0.2, 0.25) is 0 Å². The zero-order chi connectivity index (χ0) is 14.6. The van der Waals surface area contributed by atoms with E-state index in [4.69, 9.17) is 4.74 Å². The van der Waals surface area contributed by atoms with Gasteiger partial charge < -0.3 is 10.1 Å². The van der Waals surface area contributed by atoms with Gasteiger partial charge in [0.25, 0.3) is 0 Å². The minimum absolute atomic E-state index is 0.137. The van der Waals surface area contributed by atoms with Crippen LogP contribution in [0.3, 0.4) is 0 Å². The Labute approximate surface area is 121 Å². The average molecular weight is 281 g/mol. The van der Waals surface area contributed by atoms with Gasteiger partial charge in [0.15, 0.2) is 5.82 Å². The third-order valence-corrected chi connectivity index (χ3v) is 4.41. The molecule has 2 rings (SSSR count). The Bertz CT molecular complexity index is 417. The molecule has 0 radical (unpaired) electrons. The molecule has 114 valence electrons. The van der Waals surface area contributed by atoms with E-state index in [-0.39, 0.29) is 11.5 Å². The van der Waals surface area contributed by atoms with Gasteiger partial charge in [0, 0.05) is 13.7 Å². The average Bonchev–Trinajstić information content (AvgIpc) is 2.87. The molecule has 6 heteroatoms. The fourth-order valence-corrected chi connectivity index (χ4v) is 3.11. The van der Waals surface area contributed by atoms with Gasteiger partial charge in [-0.05, 0) is 35.6 Å². The molecule has 0 spiro atoms. The standard InChI is InChI=1S/C14H27N5O/c1-11(15-9-10-20-4)13-16-17-18-19(13)12-7-5-6-8-14(12,2)3/h11-12,15H,5-10H2,1-4H3. The fraction of sp³-hybridized carbons (Fsp3) is 0.929. The topological polar surface area (TPSA) is 64.9 Å². The molecule has 0 aliphatic heterocycles. The van der Waals surface area contributed by atoms with Crippen molar-refractivity contribution in [1.82, 2.24) is 25.5 Å². The summed E-state index contributed by atoms with van der Waals surface area (Å²) in [5.74, 6) is 0.932. The van der Waals surface area contributed by atoms with E-state index < -0.39 is 0 Å². The summed E-state index contributed by atoms with van der Waals surface area (Å²) in [6.07, 6.45) is 4.97. The third-order valence-electron chi connectivity index (χ3n) is 4.41. The summed E-state index contributed by atoms with van der Waals surface area (Å²) in [6, 6.07) is 0.533. The molecule has 1 aromatic heterocycles. The summed E-state index contributed by atoms with van der Waals surface area (Å²) in [5.41, 5.74) is 0.259. The second-order valence-electron chi connectivity index (χ2n) is 6.40. The molecule has 0 aromatic carbocycles. The molecule has 0 saturated heterocycles. The minimum atomic E-state index is 0.137. The van der Waals surface area contributed by atoms with E-state index in [1.54, 1.807) is 7.11 Å². The van der Waals surface area contributed by atoms with Gasteiger partial charge in [0.05, 0.1) is 18.7 Å². The van der Waals surface area contributed by atoms with Gasteiger partial charge in [0.1, 0.15) is 0 Å². The Kier molecular flexibility index (Phi) is 5.10. The molecule has 1 saturated carbocycles. The maximum Gasteiger partial charge on any atom is 0.168 e. The van der Waals surface area contributed by atoms with Crippen molar-refractivity contribution in [2.45, 2.75) is 58.5 Å². The highest BCUT2D eigenvalue weighted by atomic mass is 16.5. The lowest BCUT2D eigenvalue weighted by molar-refractivity contribution is 0.126. The first-order chi connectivity index (χ1) is 9.56. The maximum atomic E-state index is 5.07. The van der Waals surface area contributed by atoms with Crippen molar-refractivity contribution in [3.8, 4) is 0 Å². The summed E-state index contributed by atoms with van der Waals surface area (Å²) >= 11 is 0. The Hall–Kier alpha value is -1.01. The van der Waals surface area contributed by atoms with E-state index in [9.17, 15) is 0 Å².